The van der Waals surface area contributed by atoms with Crippen LogP contribution in [0.15, 0.2) is 18.3 Å². The number of carbonyl (C=O) groups excluding carboxylic acids is 1. The van der Waals surface area contributed by atoms with Crippen molar-refractivity contribution in [1.82, 2.24) is 9.88 Å². The first-order valence-corrected chi connectivity index (χ1v) is 5.22. The van der Waals surface area contributed by atoms with Crippen molar-refractivity contribution in [2.75, 3.05) is 13.1 Å². The minimum Gasteiger partial charge on any atom is -0.357 e. The average molecular weight is 194 g/mol. The molecule has 0 unspecified atom stereocenters. The van der Waals surface area contributed by atoms with Crippen LogP contribution >= 0.6 is 0 Å². The smallest absolute Gasteiger partial charge is 0.270 e. The molecule has 1 amide bonds. The number of hydrogen-bond acceptors (Lipinski definition) is 1. The summed E-state index contributed by atoms with van der Waals surface area (Å²) >= 11 is 0. The first-order chi connectivity index (χ1) is 6.79. The van der Waals surface area contributed by atoms with E-state index in [4.69, 9.17) is 0 Å². The molecule has 0 bridgehead atoms. The summed E-state index contributed by atoms with van der Waals surface area (Å²) in [6.45, 7) is 5.85. The van der Waals surface area contributed by atoms with E-state index >= 15 is 0 Å². The Kier molecular flexibility index (Phi) is 4.23. The number of nitrogens with zero attached hydrogens (tertiary/aromatic N) is 1. The lowest BCUT2D eigenvalue weighted by Gasteiger charge is -2.20. The Hall–Kier alpha value is -1.25. The lowest BCUT2D eigenvalue weighted by atomic mass is 10.3. The topological polar surface area (TPSA) is 36.1 Å². The van der Waals surface area contributed by atoms with Gasteiger partial charge in [-0.15, -0.1) is 0 Å². The quantitative estimate of drug-likeness (QED) is 0.767. The fourth-order valence-electron chi connectivity index (χ4n) is 1.49. The van der Waals surface area contributed by atoms with E-state index in [1.165, 1.54) is 0 Å². The minimum atomic E-state index is 0.110. The molecule has 1 aromatic heterocycles. The molecule has 1 heterocycles. The number of aromatic nitrogens is 1. The van der Waals surface area contributed by atoms with Gasteiger partial charge in [0.05, 0.1) is 0 Å². The minimum absolute atomic E-state index is 0.110. The molecule has 3 nitrogen and oxygen atoms in total. The zero-order valence-electron chi connectivity index (χ0n) is 8.92. The predicted molar refractivity (Wildman–Crippen MR) is 57.3 cm³/mol. The average Bonchev–Trinajstić information content (AvgIpc) is 2.69. The van der Waals surface area contributed by atoms with Gasteiger partial charge in [-0.1, -0.05) is 13.8 Å². The van der Waals surface area contributed by atoms with Crippen molar-refractivity contribution in [1.29, 1.82) is 0 Å². The van der Waals surface area contributed by atoms with Crippen molar-refractivity contribution in [3.8, 4) is 0 Å². The third-order valence-electron chi connectivity index (χ3n) is 2.10. The third-order valence-corrected chi connectivity index (χ3v) is 2.10. The van der Waals surface area contributed by atoms with Crippen LogP contribution in [0.3, 0.4) is 0 Å². The second-order valence-corrected chi connectivity index (χ2v) is 3.38. The molecular formula is C11H18N2O. The first kappa shape index (κ1) is 10.8. The molecule has 0 aliphatic rings. The number of hydrogen-bond donors (Lipinski definition) is 1. The maximum absolute atomic E-state index is 11.9. The number of amides is 1. The van der Waals surface area contributed by atoms with Crippen molar-refractivity contribution in [3.05, 3.63) is 24.0 Å². The zero-order chi connectivity index (χ0) is 10.4. The van der Waals surface area contributed by atoms with Crippen LogP contribution in [0, 0.1) is 0 Å². The zero-order valence-corrected chi connectivity index (χ0v) is 8.92. The van der Waals surface area contributed by atoms with E-state index in [2.05, 4.69) is 18.8 Å². The summed E-state index contributed by atoms with van der Waals surface area (Å²) in [6, 6.07) is 3.67. The highest BCUT2D eigenvalue weighted by Gasteiger charge is 2.13. The summed E-state index contributed by atoms with van der Waals surface area (Å²) in [5.41, 5.74) is 0.687. The summed E-state index contributed by atoms with van der Waals surface area (Å²) in [5, 5.41) is 0. The van der Waals surface area contributed by atoms with Gasteiger partial charge in [0.25, 0.3) is 5.91 Å². The fraction of sp³-hybridized carbons (Fsp3) is 0.545. The van der Waals surface area contributed by atoms with Gasteiger partial charge in [-0.3, -0.25) is 4.79 Å². The summed E-state index contributed by atoms with van der Waals surface area (Å²) in [7, 11) is 0. The lowest BCUT2D eigenvalue weighted by molar-refractivity contribution is 0.0750. The van der Waals surface area contributed by atoms with Crippen molar-refractivity contribution < 1.29 is 4.79 Å². The third kappa shape index (κ3) is 2.62. The predicted octanol–water partition coefficient (Wildman–Crippen LogP) is 2.28. The summed E-state index contributed by atoms with van der Waals surface area (Å²) in [4.78, 5) is 16.7. The molecule has 1 N–H and O–H groups in total. The van der Waals surface area contributed by atoms with Crippen LogP contribution in [-0.4, -0.2) is 28.9 Å². The number of aromatic amines is 1. The van der Waals surface area contributed by atoms with Gasteiger partial charge in [0, 0.05) is 19.3 Å². The van der Waals surface area contributed by atoms with Crippen molar-refractivity contribution >= 4 is 5.91 Å². The van der Waals surface area contributed by atoms with Crippen LogP contribution < -0.4 is 0 Å². The van der Waals surface area contributed by atoms with E-state index in [1.807, 2.05) is 17.0 Å². The Morgan fingerprint density at radius 2 is 2.00 bits per heavy atom. The SMILES string of the molecule is CCCN(CCC)C(=O)c1ccc[nH]1. The van der Waals surface area contributed by atoms with E-state index in [-0.39, 0.29) is 5.91 Å². The van der Waals surface area contributed by atoms with E-state index in [0.717, 1.165) is 25.9 Å². The highest BCUT2D eigenvalue weighted by Crippen LogP contribution is 2.03. The van der Waals surface area contributed by atoms with Gasteiger partial charge < -0.3 is 9.88 Å². The van der Waals surface area contributed by atoms with Crippen LogP contribution in [0.25, 0.3) is 0 Å². The number of H-pyrrole nitrogens is 1. The summed E-state index contributed by atoms with van der Waals surface area (Å²) in [5.74, 6) is 0.110. The standard InChI is InChI=1S/C11H18N2O/c1-3-8-13(9-4-2)11(14)10-6-5-7-12-10/h5-7,12H,3-4,8-9H2,1-2H3. The molecule has 0 fully saturated rings. The number of rotatable bonds is 5. The molecule has 0 saturated carbocycles. The molecule has 78 valence electrons. The molecule has 14 heavy (non-hydrogen) atoms. The van der Waals surface area contributed by atoms with Gasteiger partial charge in [0.1, 0.15) is 5.69 Å². The van der Waals surface area contributed by atoms with Gasteiger partial charge in [-0.2, -0.15) is 0 Å². The maximum Gasteiger partial charge on any atom is 0.270 e. The molecule has 0 aliphatic heterocycles. The van der Waals surface area contributed by atoms with Gasteiger partial charge in [0.2, 0.25) is 0 Å². The molecule has 0 saturated heterocycles. The molecule has 0 aromatic carbocycles. The molecule has 1 aromatic rings. The largest absolute Gasteiger partial charge is 0.357 e. The Bertz CT molecular complexity index is 261. The molecule has 0 aliphatic carbocycles. The van der Waals surface area contributed by atoms with Crippen LogP contribution in [0.4, 0.5) is 0 Å². The van der Waals surface area contributed by atoms with Gasteiger partial charge in [-0.05, 0) is 25.0 Å². The van der Waals surface area contributed by atoms with E-state index < -0.39 is 0 Å². The van der Waals surface area contributed by atoms with Crippen molar-refractivity contribution in [2.45, 2.75) is 26.7 Å². The Morgan fingerprint density at radius 1 is 1.36 bits per heavy atom. The van der Waals surface area contributed by atoms with Crippen LogP contribution in [0.2, 0.25) is 0 Å². The second kappa shape index (κ2) is 5.47. The number of carbonyl (C=O) groups is 1. The molecular weight excluding hydrogens is 176 g/mol. The lowest BCUT2D eigenvalue weighted by Crippen LogP contribution is -2.32. The molecule has 3 heteroatoms. The Balaban J connectivity index is 2.63. The highest BCUT2D eigenvalue weighted by atomic mass is 16.2. The monoisotopic (exact) mass is 194 g/mol. The molecule has 0 spiro atoms. The molecule has 0 radical (unpaired) electrons. The van der Waals surface area contributed by atoms with Crippen LogP contribution in [0.1, 0.15) is 37.2 Å². The van der Waals surface area contributed by atoms with E-state index in [1.54, 1.807) is 6.20 Å². The maximum atomic E-state index is 11.9. The van der Waals surface area contributed by atoms with Gasteiger partial charge >= 0.3 is 0 Å². The van der Waals surface area contributed by atoms with Gasteiger partial charge in [0.15, 0.2) is 0 Å². The van der Waals surface area contributed by atoms with Gasteiger partial charge in [-0.25, -0.2) is 0 Å². The second-order valence-electron chi connectivity index (χ2n) is 3.38. The fourth-order valence-corrected chi connectivity index (χ4v) is 1.49. The normalized spacial score (nSPS) is 10.1. The van der Waals surface area contributed by atoms with Crippen molar-refractivity contribution in [2.24, 2.45) is 0 Å². The summed E-state index contributed by atoms with van der Waals surface area (Å²) in [6.07, 6.45) is 3.79. The van der Waals surface area contributed by atoms with E-state index in [9.17, 15) is 4.79 Å². The van der Waals surface area contributed by atoms with Crippen LogP contribution in [0.5, 0.6) is 0 Å². The Labute approximate surface area is 85.1 Å². The van der Waals surface area contributed by atoms with Crippen LogP contribution in [-0.2, 0) is 0 Å². The Morgan fingerprint density at radius 3 is 2.43 bits per heavy atom. The highest BCUT2D eigenvalue weighted by molar-refractivity contribution is 5.92. The number of nitrogens with one attached hydrogen (secondary N) is 1. The summed E-state index contributed by atoms with van der Waals surface area (Å²) < 4.78 is 0. The van der Waals surface area contributed by atoms with Crippen molar-refractivity contribution in [3.63, 3.8) is 0 Å². The first-order valence-electron chi connectivity index (χ1n) is 5.22. The van der Waals surface area contributed by atoms with E-state index in [0.29, 0.717) is 5.69 Å². The molecule has 1 rings (SSSR count). The molecule has 0 atom stereocenters.